The normalized spacial score (nSPS) is 11.9. The van der Waals surface area contributed by atoms with Gasteiger partial charge in [0.15, 0.2) is 10.6 Å². The van der Waals surface area contributed by atoms with Crippen LogP contribution in [0.2, 0.25) is 5.02 Å². The highest BCUT2D eigenvalue weighted by Gasteiger charge is 2.16. The van der Waals surface area contributed by atoms with Crippen LogP contribution in [0.5, 0.6) is 0 Å². The van der Waals surface area contributed by atoms with E-state index in [-0.39, 0.29) is 11.6 Å². The fourth-order valence-corrected chi connectivity index (χ4v) is 2.76. The van der Waals surface area contributed by atoms with Crippen LogP contribution in [0.1, 0.15) is 0 Å². The molecule has 0 bridgehead atoms. The standard InChI is InChI=1S/C14H11ClFNO2S/c15-10-2-1-3-13(8-10)20(19)9-14(18)17-12-6-4-11(16)5-7-12/h1-8H,9H2,(H,17,18). The maximum Gasteiger partial charge on any atom is 0.274 e. The van der Waals surface area contributed by atoms with Crippen LogP contribution in [0, 0.1) is 5.82 Å². The van der Waals surface area contributed by atoms with Gasteiger partial charge >= 0.3 is 0 Å². The summed E-state index contributed by atoms with van der Waals surface area (Å²) >= 11 is 4.33. The van der Waals surface area contributed by atoms with Crippen LogP contribution >= 0.6 is 11.6 Å². The van der Waals surface area contributed by atoms with Crippen LogP contribution < -0.4 is 5.32 Å². The smallest absolute Gasteiger partial charge is 0.274 e. The summed E-state index contributed by atoms with van der Waals surface area (Å²) in [6.07, 6.45) is 0. The molecule has 2 aromatic carbocycles. The summed E-state index contributed by atoms with van der Waals surface area (Å²) in [6.45, 7) is 0. The number of nitrogens with one attached hydrogen (secondary N) is 1. The van der Waals surface area contributed by atoms with Crippen LogP contribution in [-0.4, -0.2) is 16.2 Å². The number of anilines is 1. The van der Waals surface area contributed by atoms with Gasteiger partial charge in [-0.25, -0.2) is 4.39 Å². The monoisotopic (exact) mass is 311 g/mol. The van der Waals surface area contributed by atoms with Crippen molar-refractivity contribution in [2.75, 3.05) is 11.1 Å². The first-order valence-electron chi connectivity index (χ1n) is 5.74. The second-order valence-electron chi connectivity index (χ2n) is 4.00. The number of carbonyl (C=O) groups is 1. The van der Waals surface area contributed by atoms with Gasteiger partial charge in [-0.05, 0) is 47.6 Å². The summed E-state index contributed by atoms with van der Waals surface area (Å²) < 4.78 is 24.7. The first kappa shape index (κ1) is 14.8. The molecule has 0 radical (unpaired) electrons. The summed E-state index contributed by atoms with van der Waals surface area (Å²) in [5.74, 6) is -0.974. The van der Waals surface area contributed by atoms with Crippen molar-refractivity contribution in [2.45, 2.75) is 4.90 Å². The number of benzene rings is 2. The van der Waals surface area contributed by atoms with Crippen molar-refractivity contribution in [1.82, 2.24) is 0 Å². The zero-order valence-corrected chi connectivity index (χ0v) is 11.9. The Morgan fingerprint density at radius 3 is 2.60 bits per heavy atom. The highest BCUT2D eigenvalue weighted by atomic mass is 35.5. The molecule has 20 heavy (non-hydrogen) atoms. The molecule has 0 fully saturated rings. The van der Waals surface area contributed by atoms with E-state index < -0.39 is 17.1 Å². The Bertz CT molecular complexity index is 606. The number of hydrogen-bond donors (Lipinski definition) is 1. The van der Waals surface area contributed by atoms with E-state index in [1.807, 2.05) is 0 Å². The Labute approximate surface area is 123 Å². The van der Waals surface area contributed by atoms with Gasteiger partial charge < -0.3 is 9.87 Å². The first-order valence-corrected chi connectivity index (χ1v) is 7.43. The lowest BCUT2D eigenvalue weighted by Gasteiger charge is -2.10. The van der Waals surface area contributed by atoms with E-state index in [2.05, 4.69) is 5.32 Å². The molecule has 0 aliphatic rings. The van der Waals surface area contributed by atoms with Gasteiger partial charge in [-0.15, -0.1) is 0 Å². The van der Waals surface area contributed by atoms with E-state index in [9.17, 15) is 13.7 Å². The molecule has 0 aliphatic carbocycles. The van der Waals surface area contributed by atoms with Crippen LogP contribution in [-0.2, 0) is 16.0 Å². The Balaban J connectivity index is 1.95. The van der Waals surface area contributed by atoms with E-state index in [0.29, 0.717) is 15.6 Å². The molecule has 1 amide bonds. The van der Waals surface area contributed by atoms with E-state index >= 15 is 0 Å². The van der Waals surface area contributed by atoms with E-state index in [1.54, 1.807) is 24.3 Å². The van der Waals surface area contributed by atoms with Gasteiger partial charge in [0.25, 0.3) is 5.91 Å². The van der Waals surface area contributed by atoms with Crippen molar-refractivity contribution >= 4 is 34.4 Å². The van der Waals surface area contributed by atoms with Gasteiger partial charge in [-0.3, -0.25) is 4.79 Å². The Kier molecular flexibility index (Phi) is 5.00. The molecular weight excluding hydrogens is 301 g/mol. The molecule has 1 unspecified atom stereocenters. The van der Waals surface area contributed by atoms with E-state index in [1.165, 1.54) is 24.3 Å². The van der Waals surface area contributed by atoms with Crippen LogP contribution in [0.3, 0.4) is 0 Å². The summed E-state index contributed by atoms with van der Waals surface area (Å²) in [5, 5.41) is 3.02. The number of halogens is 2. The fourth-order valence-electron chi connectivity index (χ4n) is 1.54. The van der Waals surface area contributed by atoms with Crippen LogP contribution in [0.4, 0.5) is 10.1 Å². The van der Waals surface area contributed by atoms with Crippen molar-refractivity contribution in [2.24, 2.45) is 0 Å². The summed E-state index contributed by atoms with van der Waals surface area (Å²) in [4.78, 5) is 12.2. The molecule has 0 aromatic heterocycles. The number of hydrogen-bond acceptors (Lipinski definition) is 2. The molecule has 1 N–H and O–H groups in total. The van der Waals surface area contributed by atoms with Crippen LogP contribution in [0.15, 0.2) is 53.4 Å². The van der Waals surface area contributed by atoms with E-state index in [4.69, 9.17) is 11.6 Å². The third kappa shape index (κ3) is 4.23. The van der Waals surface area contributed by atoms with Gasteiger partial charge in [-0.2, -0.15) is 0 Å². The predicted molar refractivity (Wildman–Crippen MR) is 77.8 cm³/mol. The molecule has 1 atom stereocenters. The van der Waals surface area contributed by atoms with Crippen molar-refractivity contribution in [3.8, 4) is 0 Å². The van der Waals surface area contributed by atoms with Crippen molar-refractivity contribution in [1.29, 1.82) is 0 Å². The third-order valence-corrected chi connectivity index (χ3v) is 3.99. The van der Waals surface area contributed by atoms with Gasteiger partial charge in [-0.1, -0.05) is 17.7 Å². The lowest BCUT2D eigenvalue weighted by molar-refractivity contribution is -0.113. The Morgan fingerprint density at radius 2 is 1.95 bits per heavy atom. The summed E-state index contributed by atoms with van der Waals surface area (Å²) in [5.41, 5.74) is 0.458. The van der Waals surface area contributed by atoms with Gasteiger partial charge in [0.05, 0.1) is 0 Å². The van der Waals surface area contributed by atoms with Crippen molar-refractivity contribution < 1.29 is 13.7 Å². The molecule has 0 aliphatic heterocycles. The van der Waals surface area contributed by atoms with Crippen molar-refractivity contribution in [3.05, 3.63) is 59.4 Å². The minimum atomic E-state index is -1.47. The maximum atomic E-state index is 12.7. The average Bonchev–Trinajstić information content (AvgIpc) is 2.41. The second kappa shape index (κ2) is 6.74. The molecule has 2 aromatic rings. The molecule has 104 valence electrons. The summed E-state index contributed by atoms with van der Waals surface area (Å²) in [6, 6.07) is 11.9. The zero-order chi connectivity index (χ0) is 14.5. The van der Waals surface area contributed by atoms with Crippen LogP contribution in [0.25, 0.3) is 0 Å². The SMILES string of the molecule is O=C(C[S+]([O-])c1cccc(Cl)c1)Nc1ccc(F)cc1. The predicted octanol–water partition coefficient (Wildman–Crippen LogP) is 3.23. The molecule has 3 nitrogen and oxygen atoms in total. The molecule has 6 heteroatoms. The fraction of sp³-hybridized carbons (Fsp3) is 0.0714. The van der Waals surface area contributed by atoms with Crippen molar-refractivity contribution in [3.63, 3.8) is 0 Å². The average molecular weight is 312 g/mol. The highest BCUT2D eigenvalue weighted by Crippen LogP contribution is 2.17. The first-order chi connectivity index (χ1) is 9.54. The summed E-state index contributed by atoms with van der Waals surface area (Å²) in [7, 11) is 0. The molecule has 2 rings (SSSR count). The molecule has 0 saturated heterocycles. The zero-order valence-electron chi connectivity index (χ0n) is 10.3. The van der Waals surface area contributed by atoms with Gasteiger partial charge in [0, 0.05) is 16.8 Å². The number of rotatable bonds is 4. The largest absolute Gasteiger partial charge is 0.611 e. The van der Waals surface area contributed by atoms with E-state index in [0.717, 1.165) is 0 Å². The maximum absolute atomic E-state index is 12.7. The highest BCUT2D eigenvalue weighted by molar-refractivity contribution is 7.92. The number of amides is 1. The Hall–Kier alpha value is -1.56. The Morgan fingerprint density at radius 1 is 1.25 bits per heavy atom. The molecule has 0 spiro atoms. The number of carbonyl (C=O) groups excluding carboxylic acids is 1. The van der Waals surface area contributed by atoms with Gasteiger partial charge in [0.1, 0.15) is 5.82 Å². The third-order valence-electron chi connectivity index (χ3n) is 2.45. The second-order valence-corrected chi connectivity index (χ2v) is 5.89. The minimum Gasteiger partial charge on any atom is -0.611 e. The molecular formula is C14H11ClFNO2S. The lowest BCUT2D eigenvalue weighted by Crippen LogP contribution is -2.23. The quantitative estimate of drug-likeness (QED) is 0.881. The lowest BCUT2D eigenvalue weighted by atomic mass is 10.3. The topological polar surface area (TPSA) is 52.2 Å². The molecule has 0 heterocycles. The molecule has 0 saturated carbocycles. The minimum absolute atomic E-state index is 0.183. The van der Waals surface area contributed by atoms with Gasteiger partial charge in [0.2, 0.25) is 0 Å².